The van der Waals surface area contributed by atoms with Gasteiger partial charge in [0, 0.05) is 12.2 Å². The molecule has 2 aromatic carbocycles. The van der Waals surface area contributed by atoms with Gasteiger partial charge in [-0.3, -0.25) is 4.79 Å². The van der Waals surface area contributed by atoms with Gasteiger partial charge in [0.15, 0.2) is 0 Å². The molecule has 1 amide bonds. The number of para-hydroxylation sites is 1. The average Bonchev–Trinajstić information content (AvgIpc) is 2.98. The predicted octanol–water partition coefficient (Wildman–Crippen LogP) is 2.25. The smallest absolute Gasteiger partial charge is 0.244 e. The average molecular weight is 344 g/mol. The van der Waals surface area contributed by atoms with Gasteiger partial charge in [-0.05, 0) is 44.0 Å². The summed E-state index contributed by atoms with van der Waals surface area (Å²) < 4.78 is 27.4. The molecule has 1 heterocycles. The lowest BCUT2D eigenvalue weighted by molar-refractivity contribution is -0.119. The second kappa shape index (κ2) is 6.37. The van der Waals surface area contributed by atoms with Gasteiger partial charge in [0.1, 0.15) is 0 Å². The van der Waals surface area contributed by atoms with Crippen LogP contribution in [0.3, 0.4) is 0 Å². The van der Waals surface area contributed by atoms with E-state index in [4.69, 9.17) is 0 Å². The van der Waals surface area contributed by atoms with E-state index in [1.807, 2.05) is 31.2 Å². The number of nitrogens with zero attached hydrogens (tertiary/aromatic N) is 1. The summed E-state index contributed by atoms with van der Waals surface area (Å²) in [6, 6.07) is 13.4. The number of anilines is 1. The molecule has 0 saturated carbocycles. The van der Waals surface area contributed by atoms with Gasteiger partial charge in [0.25, 0.3) is 0 Å². The van der Waals surface area contributed by atoms with Crippen molar-refractivity contribution >= 4 is 21.6 Å². The number of aryl methyl sites for hydroxylation is 1. The molecule has 24 heavy (non-hydrogen) atoms. The van der Waals surface area contributed by atoms with E-state index in [2.05, 4.69) is 4.72 Å². The number of sulfonamides is 1. The fourth-order valence-corrected chi connectivity index (χ4v) is 4.07. The molecule has 1 aliphatic heterocycles. The number of hydrogen-bond acceptors (Lipinski definition) is 3. The zero-order valence-electron chi connectivity index (χ0n) is 13.7. The van der Waals surface area contributed by atoms with Crippen LogP contribution in [0.4, 0.5) is 5.69 Å². The van der Waals surface area contributed by atoms with Gasteiger partial charge in [-0.15, -0.1) is 0 Å². The van der Waals surface area contributed by atoms with Crippen molar-refractivity contribution in [2.75, 3.05) is 11.4 Å². The summed E-state index contributed by atoms with van der Waals surface area (Å²) in [6.45, 7) is 4.05. The summed E-state index contributed by atoms with van der Waals surface area (Å²) in [5.74, 6) is -0.240. The van der Waals surface area contributed by atoms with Crippen molar-refractivity contribution in [2.45, 2.75) is 31.2 Å². The molecule has 5 nitrogen and oxygen atoms in total. The van der Waals surface area contributed by atoms with E-state index in [1.54, 1.807) is 36.1 Å². The molecule has 2 aromatic rings. The van der Waals surface area contributed by atoms with Crippen LogP contribution in [0.15, 0.2) is 53.4 Å². The first-order chi connectivity index (χ1) is 11.4. The minimum absolute atomic E-state index is 0.162. The first kappa shape index (κ1) is 16.7. The highest BCUT2D eigenvalue weighted by atomic mass is 32.2. The zero-order chi connectivity index (χ0) is 17.3. The fraction of sp³-hybridized carbons (Fsp3) is 0.278. The van der Waals surface area contributed by atoms with E-state index in [-0.39, 0.29) is 10.8 Å². The number of carbonyl (C=O) groups is 1. The molecule has 0 aromatic heterocycles. The predicted molar refractivity (Wildman–Crippen MR) is 93.5 cm³/mol. The highest BCUT2D eigenvalue weighted by Crippen LogP contribution is 2.28. The Morgan fingerprint density at radius 2 is 1.79 bits per heavy atom. The van der Waals surface area contributed by atoms with Crippen LogP contribution in [0, 0.1) is 6.92 Å². The SMILES string of the molecule is Cc1ccc(S(=O)(=O)N[C@@H](C)C(=O)N2CCc3ccccc32)cc1. The zero-order valence-corrected chi connectivity index (χ0v) is 14.5. The van der Waals surface area contributed by atoms with Gasteiger partial charge in [0.2, 0.25) is 15.9 Å². The topological polar surface area (TPSA) is 66.5 Å². The molecule has 3 rings (SSSR count). The normalized spacial score (nSPS) is 15.2. The monoisotopic (exact) mass is 344 g/mol. The van der Waals surface area contributed by atoms with Crippen molar-refractivity contribution in [1.82, 2.24) is 4.72 Å². The lowest BCUT2D eigenvalue weighted by atomic mass is 10.2. The lowest BCUT2D eigenvalue weighted by Crippen LogP contribution is -2.46. The number of carbonyl (C=O) groups excluding carboxylic acids is 1. The first-order valence-electron chi connectivity index (χ1n) is 7.87. The Kier molecular flexibility index (Phi) is 4.43. The van der Waals surface area contributed by atoms with Gasteiger partial charge < -0.3 is 4.90 Å². The molecule has 6 heteroatoms. The molecule has 0 aliphatic carbocycles. The van der Waals surface area contributed by atoms with E-state index in [0.717, 1.165) is 23.2 Å². The molecule has 126 valence electrons. The molecule has 0 spiro atoms. The molecule has 0 bridgehead atoms. The van der Waals surface area contributed by atoms with Gasteiger partial charge in [-0.25, -0.2) is 8.42 Å². The van der Waals surface area contributed by atoms with Crippen LogP contribution in [0.5, 0.6) is 0 Å². The maximum absolute atomic E-state index is 12.7. The standard InChI is InChI=1S/C18H20N2O3S/c1-13-7-9-16(10-8-13)24(22,23)19-14(2)18(21)20-12-11-15-5-3-4-6-17(15)20/h3-10,14,19H,11-12H2,1-2H3/t14-/m0/s1. The van der Waals surface area contributed by atoms with Crippen molar-refractivity contribution < 1.29 is 13.2 Å². The summed E-state index contributed by atoms with van der Waals surface area (Å²) in [7, 11) is -3.73. The second-order valence-corrected chi connectivity index (χ2v) is 7.74. The highest BCUT2D eigenvalue weighted by Gasteiger charge is 2.30. The Hall–Kier alpha value is -2.18. The number of rotatable bonds is 4. The molecule has 1 atom stereocenters. The summed E-state index contributed by atoms with van der Waals surface area (Å²) in [6.07, 6.45) is 0.791. The van der Waals surface area contributed by atoms with Crippen LogP contribution in [0.1, 0.15) is 18.1 Å². The Bertz CT molecular complexity index is 860. The fourth-order valence-electron chi connectivity index (χ4n) is 2.87. The van der Waals surface area contributed by atoms with Gasteiger partial charge in [-0.2, -0.15) is 4.72 Å². The summed E-state index contributed by atoms with van der Waals surface area (Å²) >= 11 is 0. The second-order valence-electron chi connectivity index (χ2n) is 6.02. The summed E-state index contributed by atoms with van der Waals surface area (Å²) in [5.41, 5.74) is 2.95. The molecular formula is C18H20N2O3S. The van der Waals surface area contributed by atoms with Gasteiger partial charge >= 0.3 is 0 Å². The van der Waals surface area contributed by atoms with Crippen LogP contribution >= 0.6 is 0 Å². The minimum atomic E-state index is -3.73. The molecule has 0 unspecified atom stereocenters. The number of fused-ring (bicyclic) bond motifs is 1. The Morgan fingerprint density at radius 1 is 1.12 bits per heavy atom. The molecule has 1 N–H and O–H groups in total. The van der Waals surface area contributed by atoms with Crippen LogP contribution in [0.25, 0.3) is 0 Å². The minimum Gasteiger partial charge on any atom is -0.310 e. The first-order valence-corrected chi connectivity index (χ1v) is 9.35. The number of nitrogens with one attached hydrogen (secondary N) is 1. The van der Waals surface area contributed by atoms with Crippen LogP contribution in [-0.4, -0.2) is 26.9 Å². The van der Waals surface area contributed by atoms with Crippen molar-refractivity contribution in [3.05, 3.63) is 59.7 Å². The maximum atomic E-state index is 12.7. The van der Waals surface area contributed by atoms with Gasteiger partial charge in [0.05, 0.1) is 10.9 Å². The Labute approximate surface area is 142 Å². The third-order valence-corrected chi connectivity index (χ3v) is 5.74. The van der Waals surface area contributed by atoms with Crippen LogP contribution in [0.2, 0.25) is 0 Å². The molecule has 1 aliphatic rings. The largest absolute Gasteiger partial charge is 0.310 e. The van der Waals surface area contributed by atoms with E-state index >= 15 is 0 Å². The van der Waals surface area contributed by atoms with Crippen molar-refractivity contribution in [1.29, 1.82) is 0 Å². The number of hydrogen-bond donors (Lipinski definition) is 1. The van der Waals surface area contributed by atoms with Crippen molar-refractivity contribution in [3.63, 3.8) is 0 Å². The highest BCUT2D eigenvalue weighted by molar-refractivity contribution is 7.89. The van der Waals surface area contributed by atoms with Crippen LogP contribution in [-0.2, 0) is 21.2 Å². The summed E-state index contributed by atoms with van der Waals surface area (Å²) in [4.78, 5) is 14.5. The third-order valence-electron chi connectivity index (χ3n) is 4.19. The Morgan fingerprint density at radius 3 is 2.50 bits per heavy atom. The number of amides is 1. The molecular weight excluding hydrogens is 324 g/mol. The van der Waals surface area contributed by atoms with Crippen molar-refractivity contribution in [2.24, 2.45) is 0 Å². The lowest BCUT2D eigenvalue weighted by Gasteiger charge is -2.22. The summed E-state index contributed by atoms with van der Waals surface area (Å²) in [5, 5.41) is 0. The van der Waals surface area contributed by atoms with E-state index < -0.39 is 16.1 Å². The van der Waals surface area contributed by atoms with E-state index in [1.165, 1.54) is 0 Å². The maximum Gasteiger partial charge on any atom is 0.244 e. The van der Waals surface area contributed by atoms with E-state index in [0.29, 0.717) is 6.54 Å². The number of benzene rings is 2. The van der Waals surface area contributed by atoms with E-state index in [9.17, 15) is 13.2 Å². The van der Waals surface area contributed by atoms with Crippen molar-refractivity contribution in [3.8, 4) is 0 Å². The Balaban J connectivity index is 1.76. The molecule has 0 fully saturated rings. The molecule has 0 radical (unpaired) electrons. The molecule has 0 saturated heterocycles. The third kappa shape index (κ3) is 3.20. The quantitative estimate of drug-likeness (QED) is 0.925. The van der Waals surface area contributed by atoms with Gasteiger partial charge in [-0.1, -0.05) is 35.9 Å². The van der Waals surface area contributed by atoms with Crippen LogP contribution < -0.4 is 9.62 Å².